The molecule has 158 valence electrons. The molecular weight excluding hydrogens is 390 g/mol. The van der Waals surface area contributed by atoms with Gasteiger partial charge in [0.25, 0.3) is 0 Å². The molecule has 5 rings (SSSR count). The van der Waals surface area contributed by atoms with E-state index in [-0.39, 0.29) is 0 Å². The number of aromatic amines is 1. The van der Waals surface area contributed by atoms with Gasteiger partial charge in [-0.3, -0.25) is 0 Å². The Bertz CT molecular complexity index is 1230. The summed E-state index contributed by atoms with van der Waals surface area (Å²) in [6, 6.07) is 2.82. The molecule has 30 heavy (non-hydrogen) atoms. The molecule has 0 amide bonds. The van der Waals surface area contributed by atoms with Gasteiger partial charge < -0.3 is 10.3 Å². The number of rotatable bonds is 3. The number of nitrogens with one attached hydrogen (secondary N) is 2. The fourth-order valence-corrected chi connectivity index (χ4v) is 6.70. The number of H-pyrrole nitrogens is 1. The number of aromatic nitrogens is 4. The first-order valence-electron chi connectivity index (χ1n) is 11.0. The minimum absolute atomic E-state index is 0.436. The van der Waals surface area contributed by atoms with Crippen molar-refractivity contribution in [2.45, 2.75) is 65.8 Å². The molecule has 1 unspecified atom stereocenters. The van der Waals surface area contributed by atoms with Crippen molar-refractivity contribution >= 4 is 27.2 Å². The molecule has 1 aliphatic rings. The van der Waals surface area contributed by atoms with E-state index < -0.39 is 0 Å². The maximum absolute atomic E-state index is 4.38. The van der Waals surface area contributed by atoms with Crippen LogP contribution in [0.4, 0.5) is 0 Å². The highest BCUT2D eigenvalue weighted by molar-refractivity contribution is 7.19. The third kappa shape index (κ3) is 3.00. The summed E-state index contributed by atoms with van der Waals surface area (Å²) >= 11 is 1.97. The van der Waals surface area contributed by atoms with Gasteiger partial charge in [-0.25, -0.2) is 9.50 Å². The van der Waals surface area contributed by atoms with Gasteiger partial charge in [0.1, 0.15) is 11.2 Å². The van der Waals surface area contributed by atoms with Crippen molar-refractivity contribution in [1.82, 2.24) is 24.9 Å². The zero-order valence-corrected chi connectivity index (χ0v) is 19.5. The molecule has 0 radical (unpaired) electrons. The highest BCUT2D eigenvalue weighted by Gasteiger charge is 2.31. The lowest BCUT2D eigenvalue weighted by Gasteiger charge is -2.33. The van der Waals surface area contributed by atoms with Gasteiger partial charge in [-0.2, -0.15) is 5.10 Å². The SMILES string of the molecule is Cc1c(C2C[C@H](C)NC[C@@H]2C)sc2[nH]c(-c3cc(C)c4ncnn4c3)c(C(C)C)c12. The van der Waals surface area contributed by atoms with Crippen LogP contribution in [0.2, 0.25) is 0 Å². The number of aryl methyl sites for hydroxylation is 2. The van der Waals surface area contributed by atoms with Crippen molar-refractivity contribution in [1.29, 1.82) is 0 Å². The van der Waals surface area contributed by atoms with Crippen LogP contribution in [-0.2, 0) is 0 Å². The predicted molar refractivity (Wildman–Crippen MR) is 126 cm³/mol. The maximum atomic E-state index is 4.38. The Labute approximate surface area is 181 Å². The van der Waals surface area contributed by atoms with E-state index in [1.165, 1.54) is 39.0 Å². The number of nitrogens with zero attached hydrogens (tertiary/aromatic N) is 3. The van der Waals surface area contributed by atoms with E-state index in [9.17, 15) is 0 Å². The first-order valence-corrected chi connectivity index (χ1v) is 11.8. The average Bonchev–Trinajstić information content (AvgIpc) is 3.38. The summed E-state index contributed by atoms with van der Waals surface area (Å²) in [5.41, 5.74) is 7.39. The molecule has 1 aliphatic heterocycles. The second kappa shape index (κ2) is 7.20. The molecule has 4 aromatic heterocycles. The first-order chi connectivity index (χ1) is 14.3. The van der Waals surface area contributed by atoms with Crippen LogP contribution in [0.25, 0.3) is 27.1 Å². The molecule has 5 heterocycles. The second-order valence-corrected chi connectivity index (χ2v) is 10.5. The number of thiophene rings is 1. The van der Waals surface area contributed by atoms with Crippen LogP contribution in [0.15, 0.2) is 18.6 Å². The van der Waals surface area contributed by atoms with E-state index in [1.54, 1.807) is 11.2 Å². The van der Waals surface area contributed by atoms with Crippen LogP contribution in [0.5, 0.6) is 0 Å². The van der Waals surface area contributed by atoms with Crippen molar-refractivity contribution in [3.05, 3.63) is 40.2 Å². The standard InChI is InChI=1S/C24H31N5S/c1-12(2)19-20-16(6)22(18-8-15(5)25-9-14(18)4)30-24(20)28-21(19)17-7-13(3)23-26-11-27-29(23)10-17/h7,10-12,14-15,18,25,28H,8-9H2,1-6H3/t14-,15-,18?/m0/s1. The number of pyridine rings is 1. The van der Waals surface area contributed by atoms with Crippen molar-refractivity contribution in [2.75, 3.05) is 6.54 Å². The minimum atomic E-state index is 0.436. The zero-order valence-electron chi connectivity index (χ0n) is 18.7. The number of hydrogen-bond donors (Lipinski definition) is 2. The van der Waals surface area contributed by atoms with Crippen molar-refractivity contribution < 1.29 is 0 Å². The molecule has 0 aliphatic carbocycles. The molecule has 6 heteroatoms. The topological polar surface area (TPSA) is 58.0 Å². The summed E-state index contributed by atoms with van der Waals surface area (Å²) in [7, 11) is 0. The van der Waals surface area contributed by atoms with Crippen LogP contribution < -0.4 is 5.32 Å². The maximum Gasteiger partial charge on any atom is 0.158 e. The smallest absolute Gasteiger partial charge is 0.158 e. The van der Waals surface area contributed by atoms with E-state index >= 15 is 0 Å². The lowest BCUT2D eigenvalue weighted by Crippen LogP contribution is -2.40. The quantitative estimate of drug-likeness (QED) is 0.441. The average molecular weight is 422 g/mol. The molecule has 1 fully saturated rings. The third-order valence-corrected chi connectivity index (χ3v) is 8.14. The third-order valence-electron chi connectivity index (χ3n) is 6.81. The highest BCUT2D eigenvalue weighted by atomic mass is 32.1. The summed E-state index contributed by atoms with van der Waals surface area (Å²) in [5.74, 6) is 1.75. The van der Waals surface area contributed by atoms with Gasteiger partial charge in [0.15, 0.2) is 5.65 Å². The predicted octanol–water partition coefficient (Wildman–Crippen LogP) is 5.78. The Kier molecular flexibility index (Phi) is 4.75. The lowest BCUT2D eigenvalue weighted by molar-refractivity contribution is 0.300. The normalized spacial score (nSPS) is 22.6. The molecular formula is C24H31N5S. The largest absolute Gasteiger partial charge is 0.346 e. The van der Waals surface area contributed by atoms with E-state index in [1.807, 2.05) is 15.9 Å². The summed E-state index contributed by atoms with van der Waals surface area (Å²) in [6.07, 6.45) is 4.95. The van der Waals surface area contributed by atoms with E-state index in [0.29, 0.717) is 23.8 Å². The highest BCUT2D eigenvalue weighted by Crippen LogP contribution is 2.46. The Morgan fingerprint density at radius 3 is 2.80 bits per heavy atom. The van der Waals surface area contributed by atoms with Crippen LogP contribution in [0, 0.1) is 19.8 Å². The molecule has 3 atom stereocenters. The molecule has 2 N–H and O–H groups in total. The van der Waals surface area contributed by atoms with Crippen molar-refractivity contribution in [2.24, 2.45) is 5.92 Å². The number of fused-ring (bicyclic) bond motifs is 2. The summed E-state index contributed by atoms with van der Waals surface area (Å²) in [5, 5.41) is 9.46. The van der Waals surface area contributed by atoms with Crippen LogP contribution in [0.3, 0.4) is 0 Å². The van der Waals surface area contributed by atoms with Crippen LogP contribution >= 0.6 is 11.3 Å². The Hall–Kier alpha value is -2.18. The number of hydrogen-bond acceptors (Lipinski definition) is 4. The molecule has 0 aromatic carbocycles. The Morgan fingerprint density at radius 1 is 1.23 bits per heavy atom. The zero-order chi connectivity index (χ0) is 21.2. The van der Waals surface area contributed by atoms with Crippen LogP contribution in [-0.4, -0.2) is 32.2 Å². The summed E-state index contributed by atoms with van der Waals surface area (Å²) in [6.45, 7) is 14.9. The molecule has 0 saturated carbocycles. The van der Waals surface area contributed by atoms with Gasteiger partial charge in [0.05, 0.1) is 5.69 Å². The summed E-state index contributed by atoms with van der Waals surface area (Å²) < 4.78 is 1.89. The van der Waals surface area contributed by atoms with Crippen molar-refractivity contribution in [3.8, 4) is 11.3 Å². The second-order valence-electron chi connectivity index (χ2n) is 9.43. The fraction of sp³-hybridized carbons (Fsp3) is 0.500. The monoisotopic (exact) mass is 421 g/mol. The lowest BCUT2D eigenvalue weighted by atomic mass is 9.82. The summed E-state index contributed by atoms with van der Waals surface area (Å²) in [4.78, 5) is 11.1. The fourth-order valence-electron chi connectivity index (χ4n) is 5.23. The van der Waals surface area contributed by atoms with Crippen LogP contribution in [0.1, 0.15) is 67.5 Å². The van der Waals surface area contributed by atoms with Gasteiger partial charge in [-0.15, -0.1) is 11.3 Å². The van der Waals surface area contributed by atoms with Gasteiger partial charge in [0, 0.05) is 28.1 Å². The Balaban J connectivity index is 1.68. The minimum Gasteiger partial charge on any atom is -0.346 e. The van der Waals surface area contributed by atoms with Gasteiger partial charge in [-0.05, 0) is 74.2 Å². The molecule has 0 spiro atoms. The van der Waals surface area contributed by atoms with Gasteiger partial charge in [0.2, 0.25) is 0 Å². The van der Waals surface area contributed by atoms with Gasteiger partial charge in [-0.1, -0.05) is 20.8 Å². The van der Waals surface area contributed by atoms with E-state index in [0.717, 1.165) is 17.8 Å². The molecule has 4 aromatic rings. The molecule has 1 saturated heterocycles. The molecule has 0 bridgehead atoms. The van der Waals surface area contributed by atoms with Gasteiger partial charge >= 0.3 is 0 Å². The van der Waals surface area contributed by atoms with E-state index in [4.69, 9.17) is 0 Å². The Morgan fingerprint density at radius 2 is 2.03 bits per heavy atom. The number of piperidine rings is 1. The van der Waals surface area contributed by atoms with Crippen molar-refractivity contribution in [3.63, 3.8) is 0 Å². The molecule has 5 nitrogen and oxygen atoms in total. The van der Waals surface area contributed by atoms with E-state index in [2.05, 4.69) is 74.2 Å². The first kappa shape index (κ1) is 19.8.